The van der Waals surface area contributed by atoms with Gasteiger partial charge in [0.25, 0.3) is 5.69 Å². The van der Waals surface area contributed by atoms with E-state index >= 15 is 0 Å². The first-order chi connectivity index (χ1) is 14.8. The van der Waals surface area contributed by atoms with E-state index in [9.17, 15) is 14.9 Å². The maximum absolute atomic E-state index is 12.6. The summed E-state index contributed by atoms with van der Waals surface area (Å²) in [5.41, 5.74) is 4.08. The number of carbonyl (C=O) groups is 1. The number of aryl methyl sites for hydroxylation is 1. The fourth-order valence-electron chi connectivity index (χ4n) is 3.39. The number of aromatic nitrogens is 2. The van der Waals surface area contributed by atoms with Crippen LogP contribution in [0.1, 0.15) is 17.0 Å². The summed E-state index contributed by atoms with van der Waals surface area (Å²) in [7, 11) is 3.28. The van der Waals surface area contributed by atoms with Gasteiger partial charge in [-0.25, -0.2) is 4.68 Å². The van der Waals surface area contributed by atoms with Crippen LogP contribution >= 0.6 is 0 Å². The summed E-state index contributed by atoms with van der Waals surface area (Å²) in [4.78, 5) is 24.9. The number of amides is 1. The van der Waals surface area contributed by atoms with E-state index in [0.717, 1.165) is 22.6 Å². The Morgan fingerprint density at radius 2 is 1.94 bits per heavy atom. The highest BCUT2D eigenvalue weighted by Crippen LogP contribution is 2.29. The minimum absolute atomic E-state index is 0.0985. The largest absolute Gasteiger partial charge is 0.495 e. The monoisotopic (exact) mass is 423 g/mol. The Balaban J connectivity index is 1.70. The molecule has 31 heavy (non-hydrogen) atoms. The van der Waals surface area contributed by atoms with Crippen molar-refractivity contribution in [3.8, 4) is 11.4 Å². The molecule has 0 atom stereocenters. The third-order valence-corrected chi connectivity index (χ3v) is 4.95. The molecule has 1 amide bonds. The second-order valence-corrected chi connectivity index (χ2v) is 7.26. The molecular weight excluding hydrogens is 398 g/mol. The molecule has 0 unspecified atom stereocenters. The first kappa shape index (κ1) is 22.0. The maximum Gasteiger partial charge on any atom is 0.271 e. The maximum atomic E-state index is 12.6. The van der Waals surface area contributed by atoms with Crippen LogP contribution in [0.5, 0.6) is 5.75 Å². The number of anilines is 1. The topological polar surface area (TPSA) is 103 Å². The van der Waals surface area contributed by atoms with E-state index in [1.54, 1.807) is 0 Å². The lowest BCUT2D eigenvalue weighted by atomic mass is 10.2. The van der Waals surface area contributed by atoms with Crippen molar-refractivity contribution in [3.63, 3.8) is 0 Å². The molecule has 0 saturated heterocycles. The van der Waals surface area contributed by atoms with Gasteiger partial charge in [-0.2, -0.15) is 5.10 Å². The van der Waals surface area contributed by atoms with Gasteiger partial charge in [0.05, 0.1) is 35.6 Å². The minimum Gasteiger partial charge on any atom is -0.495 e. The Labute approximate surface area is 180 Å². The molecule has 0 aliphatic heterocycles. The molecule has 0 aliphatic rings. The number of carbonyl (C=O) groups excluding carboxylic acids is 1. The van der Waals surface area contributed by atoms with Crippen molar-refractivity contribution in [3.05, 3.63) is 75.6 Å². The number of rotatable bonds is 8. The average Bonchev–Trinajstić information content (AvgIpc) is 3.02. The van der Waals surface area contributed by atoms with E-state index in [4.69, 9.17) is 4.74 Å². The van der Waals surface area contributed by atoms with Crippen LogP contribution in [0, 0.1) is 24.0 Å². The van der Waals surface area contributed by atoms with Crippen LogP contribution in [-0.4, -0.2) is 46.2 Å². The van der Waals surface area contributed by atoms with Gasteiger partial charge in [0.15, 0.2) is 0 Å². The first-order valence-corrected chi connectivity index (χ1v) is 9.71. The molecule has 9 heteroatoms. The number of non-ortho nitro benzene ring substituents is 1. The highest BCUT2D eigenvalue weighted by molar-refractivity contribution is 5.94. The van der Waals surface area contributed by atoms with Crippen molar-refractivity contribution >= 4 is 17.3 Å². The van der Waals surface area contributed by atoms with Gasteiger partial charge in [-0.1, -0.05) is 18.2 Å². The van der Waals surface area contributed by atoms with Gasteiger partial charge in [-0.3, -0.25) is 19.8 Å². The molecule has 0 fully saturated rings. The third-order valence-electron chi connectivity index (χ3n) is 4.95. The predicted octanol–water partition coefficient (Wildman–Crippen LogP) is 3.48. The van der Waals surface area contributed by atoms with Crippen molar-refractivity contribution in [1.82, 2.24) is 14.7 Å². The molecule has 3 aromatic rings. The Morgan fingerprint density at radius 1 is 1.23 bits per heavy atom. The molecule has 1 heterocycles. The normalized spacial score (nSPS) is 10.9. The van der Waals surface area contributed by atoms with Gasteiger partial charge in [0, 0.05) is 29.9 Å². The van der Waals surface area contributed by atoms with E-state index in [-0.39, 0.29) is 23.8 Å². The van der Waals surface area contributed by atoms with E-state index in [0.29, 0.717) is 12.3 Å². The summed E-state index contributed by atoms with van der Waals surface area (Å²) < 4.78 is 7.09. The lowest BCUT2D eigenvalue weighted by Gasteiger charge is -2.17. The first-order valence-electron chi connectivity index (χ1n) is 9.71. The molecule has 0 aliphatic carbocycles. The molecule has 3 rings (SSSR count). The summed E-state index contributed by atoms with van der Waals surface area (Å²) in [5.74, 6) is 0.0597. The van der Waals surface area contributed by atoms with Crippen LogP contribution in [-0.2, 0) is 11.3 Å². The second-order valence-electron chi connectivity index (χ2n) is 7.26. The Hall–Kier alpha value is -3.72. The molecule has 2 aromatic carbocycles. The van der Waals surface area contributed by atoms with Crippen molar-refractivity contribution < 1.29 is 14.5 Å². The Kier molecular flexibility index (Phi) is 6.66. The van der Waals surface area contributed by atoms with Gasteiger partial charge in [-0.05, 0) is 39.1 Å². The van der Waals surface area contributed by atoms with Gasteiger partial charge >= 0.3 is 0 Å². The molecule has 1 N–H and O–H groups in total. The van der Waals surface area contributed by atoms with Crippen molar-refractivity contribution in [2.45, 2.75) is 20.4 Å². The van der Waals surface area contributed by atoms with Crippen LogP contribution < -0.4 is 10.1 Å². The van der Waals surface area contributed by atoms with Gasteiger partial charge in [0.1, 0.15) is 5.75 Å². The highest BCUT2D eigenvalue weighted by atomic mass is 16.6. The average molecular weight is 423 g/mol. The number of likely N-dealkylation sites (N-methyl/N-ethyl adjacent to an activating group) is 1. The Bertz CT molecular complexity index is 1090. The summed E-state index contributed by atoms with van der Waals surface area (Å²) in [5, 5.41) is 18.4. The molecule has 0 saturated carbocycles. The van der Waals surface area contributed by atoms with Gasteiger partial charge in [0.2, 0.25) is 5.91 Å². The number of nitrogens with zero attached hydrogens (tertiary/aromatic N) is 4. The van der Waals surface area contributed by atoms with Crippen LogP contribution in [0.3, 0.4) is 0 Å². The number of methoxy groups -OCH3 is 1. The predicted molar refractivity (Wildman–Crippen MR) is 118 cm³/mol. The zero-order valence-corrected chi connectivity index (χ0v) is 18.0. The fraction of sp³-hybridized carbons (Fsp3) is 0.273. The SMILES string of the molecule is COc1ccc([N+](=O)[O-])cc1NC(=O)CN(C)Cc1c(C)nn(-c2ccccc2)c1C. The van der Waals surface area contributed by atoms with Crippen LogP contribution in [0.25, 0.3) is 5.69 Å². The molecule has 0 bridgehead atoms. The number of para-hydroxylation sites is 1. The molecule has 9 nitrogen and oxygen atoms in total. The summed E-state index contributed by atoms with van der Waals surface area (Å²) >= 11 is 0. The van der Waals surface area contributed by atoms with E-state index in [1.165, 1.54) is 25.3 Å². The second kappa shape index (κ2) is 9.40. The fourth-order valence-corrected chi connectivity index (χ4v) is 3.39. The minimum atomic E-state index is -0.517. The number of benzene rings is 2. The van der Waals surface area contributed by atoms with Gasteiger partial charge < -0.3 is 10.1 Å². The number of nitro groups is 1. The molecule has 162 valence electrons. The lowest BCUT2D eigenvalue weighted by molar-refractivity contribution is -0.384. The zero-order chi connectivity index (χ0) is 22.5. The van der Waals surface area contributed by atoms with Crippen molar-refractivity contribution in [2.24, 2.45) is 0 Å². The summed E-state index contributed by atoms with van der Waals surface area (Å²) in [6, 6.07) is 13.9. The summed E-state index contributed by atoms with van der Waals surface area (Å²) in [6.45, 7) is 4.58. The number of hydrogen-bond donors (Lipinski definition) is 1. The van der Waals surface area contributed by atoms with Crippen molar-refractivity contribution in [1.29, 1.82) is 0 Å². The molecule has 1 aromatic heterocycles. The smallest absolute Gasteiger partial charge is 0.271 e. The summed E-state index contributed by atoms with van der Waals surface area (Å²) in [6.07, 6.45) is 0. The quantitative estimate of drug-likeness (QED) is 0.440. The van der Waals surface area contributed by atoms with Crippen LogP contribution in [0.2, 0.25) is 0 Å². The van der Waals surface area contributed by atoms with E-state index in [1.807, 2.05) is 60.8 Å². The number of ether oxygens (including phenoxy) is 1. The molecule has 0 radical (unpaired) electrons. The van der Waals surface area contributed by atoms with Crippen molar-refractivity contribution in [2.75, 3.05) is 26.0 Å². The number of hydrogen-bond acceptors (Lipinski definition) is 6. The lowest BCUT2D eigenvalue weighted by Crippen LogP contribution is -2.30. The van der Waals surface area contributed by atoms with E-state index < -0.39 is 4.92 Å². The van der Waals surface area contributed by atoms with E-state index in [2.05, 4.69) is 10.4 Å². The van der Waals surface area contributed by atoms with Crippen LogP contribution in [0.4, 0.5) is 11.4 Å². The third kappa shape index (κ3) is 5.07. The Morgan fingerprint density at radius 3 is 2.58 bits per heavy atom. The standard InChI is InChI=1S/C22H25N5O4/c1-15-19(16(2)26(24-15)17-8-6-5-7-9-17)13-25(3)14-22(28)23-20-12-18(27(29)30)10-11-21(20)31-4/h5-12H,13-14H2,1-4H3,(H,23,28). The van der Waals surface area contributed by atoms with Crippen LogP contribution in [0.15, 0.2) is 48.5 Å². The van der Waals surface area contributed by atoms with Gasteiger partial charge in [-0.15, -0.1) is 0 Å². The highest BCUT2D eigenvalue weighted by Gasteiger charge is 2.18. The molecular formula is C22H25N5O4. The molecule has 0 spiro atoms. The zero-order valence-electron chi connectivity index (χ0n) is 18.0. The number of nitrogens with one attached hydrogen (secondary N) is 1. The number of nitro benzene ring substituents is 1.